The quantitative estimate of drug-likeness (QED) is 0.692. The number of hydrogen-bond acceptors (Lipinski definition) is 3. The van der Waals surface area contributed by atoms with Crippen molar-refractivity contribution in [1.29, 1.82) is 0 Å². The standard InChI is InChI=1S/C15H19N3O2/c1-10(16)14(19)18-13-8-7-12(9-17-15(13)20)11-5-3-2-4-6-11/h2-8,10,12-13H,9,16H2,1H3,(H,17,20)(H,18,19)/t10-,12+,13-/m0/s1. The number of nitrogens with two attached hydrogens (primary N) is 1. The molecule has 5 nitrogen and oxygen atoms in total. The summed E-state index contributed by atoms with van der Waals surface area (Å²) >= 11 is 0. The van der Waals surface area contributed by atoms with Crippen LogP contribution in [0.4, 0.5) is 0 Å². The first kappa shape index (κ1) is 14.3. The smallest absolute Gasteiger partial charge is 0.246 e. The van der Waals surface area contributed by atoms with Crippen LogP contribution in [0.1, 0.15) is 18.4 Å². The molecule has 0 unspecified atom stereocenters. The van der Waals surface area contributed by atoms with Crippen molar-refractivity contribution in [2.24, 2.45) is 5.73 Å². The minimum absolute atomic E-state index is 0.109. The molecule has 20 heavy (non-hydrogen) atoms. The minimum Gasteiger partial charge on any atom is -0.353 e. The number of rotatable bonds is 3. The van der Waals surface area contributed by atoms with Gasteiger partial charge in [-0.05, 0) is 12.5 Å². The Bertz CT molecular complexity index is 511. The average Bonchev–Trinajstić information content (AvgIpc) is 2.63. The van der Waals surface area contributed by atoms with Crippen LogP contribution < -0.4 is 16.4 Å². The van der Waals surface area contributed by atoms with Gasteiger partial charge >= 0.3 is 0 Å². The number of amides is 2. The molecule has 3 atom stereocenters. The normalized spacial score (nSPS) is 23.6. The van der Waals surface area contributed by atoms with Gasteiger partial charge in [-0.2, -0.15) is 0 Å². The lowest BCUT2D eigenvalue weighted by atomic mass is 9.99. The minimum atomic E-state index is -0.665. The first-order valence-corrected chi connectivity index (χ1v) is 6.65. The van der Waals surface area contributed by atoms with Gasteiger partial charge in [0.2, 0.25) is 11.8 Å². The Morgan fingerprint density at radius 3 is 2.70 bits per heavy atom. The fourth-order valence-corrected chi connectivity index (χ4v) is 2.05. The highest BCUT2D eigenvalue weighted by molar-refractivity contribution is 5.91. The van der Waals surface area contributed by atoms with E-state index in [-0.39, 0.29) is 17.7 Å². The SMILES string of the molecule is C[C@H](N)C(=O)N[C@H]1C=C[C@@H](c2ccccc2)CNC1=O. The maximum atomic E-state index is 11.9. The molecule has 0 spiro atoms. The van der Waals surface area contributed by atoms with Gasteiger partial charge in [0.15, 0.2) is 0 Å². The van der Waals surface area contributed by atoms with E-state index in [2.05, 4.69) is 10.6 Å². The first-order valence-electron chi connectivity index (χ1n) is 6.65. The molecule has 0 fully saturated rings. The monoisotopic (exact) mass is 273 g/mol. The third-order valence-corrected chi connectivity index (χ3v) is 3.25. The average molecular weight is 273 g/mol. The second-order valence-electron chi connectivity index (χ2n) is 4.92. The predicted molar refractivity (Wildman–Crippen MR) is 76.9 cm³/mol. The van der Waals surface area contributed by atoms with Crippen LogP contribution >= 0.6 is 0 Å². The predicted octanol–water partition coefficient (Wildman–Crippen LogP) is 0.288. The molecule has 1 aliphatic heterocycles. The highest BCUT2D eigenvalue weighted by Crippen LogP contribution is 2.18. The van der Waals surface area contributed by atoms with Gasteiger partial charge in [0.05, 0.1) is 6.04 Å². The molecule has 106 valence electrons. The maximum absolute atomic E-state index is 11.9. The Labute approximate surface area is 118 Å². The molecule has 1 heterocycles. The van der Waals surface area contributed by atoms with Gasteiger partial charge in [-0.15, -0.1) is 0 Å². The number of benzene rings is 1. The molecular formula is C15H19N3O2. The van der Waals surface area contributed by atoms with Crippen molar-refractivity contribution >= 4 is 11.8 Å². The Kier molecular flexibility index (Phi) is 4.53. The zero-order valence-corrected chi connectivity index (χ0v) is 11.4. The van der Waals surface area contributed by atoms with Crippen LogP contribution in [0.5, 0.6) is 0 Å². The zero-order valence-electron chi connectivity index (χ0n) is 11.4. The summed E-state index contributed by atoms with van der Waals surface area (Å²) in [6, 6.07) is 8.61. The van der Waals surface area contributed by atoms with Crippen LogP contribution in [-0.4, -0.2) is 30.4 Å². The topological polar surface area (TPSA) is 84.2 Å². The van der Waals surface area contributed by atoms with Crippen LogP contribution in [0.15, 0.2) is 42.5 Å². The van der Waals surface area contributed by atoms with Crippen molar-refractivity contribution in [3.05, 3.63) is 48.0 Å². The highest BCUT2D eigenvalue weighted by Gasteiger charge is 2.23. The number of carbonyl (C=O) groups is 2. The van der Waals surface area contributed by atoms with E-state index in [1.807, 2.05) is 36.4 Å². The molecule has 5 heteroatoms. The third kappa shape index (κ3) is 3.45. The number of nitrogens with one attached hydrogen (secondary N) is 2. The molecule has 2 rings (SSSR count). The fourth-order valence-electron chi connectivity index (χ4n) is 2.05. The van der Waals surface area contributed by atoms with Crippen molar-refractivity contribution in [1.82, 2.24) is 10.6 Å². The Hall–Kier alpha value is -2.14. The number of carbonyl (C=O) groups excluding carboxylic acids is 2. The van der Waals surface area contributed by atoms with Crippen LogP contribution in [0.25, 0.3) is 0 Å². The Balaban J connectivity index is 2.10. The van der Waals surface area contributed by atoms with Gasteiger partial charge in [0.1, 0.15) is 6.04 Å². The van der Waals surface area contributed by atoms with E-state index in [0.717, 1.165) is 5.56 Å². The van der Waals surface area contributed by atoms with Crippen LogP contribution in [0, 0.1) is 0 Å². The third-order valence-electron chi connectivity index (χ3n) is 3.25. The molecule has 0 aromatic heterocycles. The van der Waals surface area contributed by atoms with Crippen LogP contribution in [-0.2, 0) is 9.59 Å². The summed E-state index contributed by atoms with van der Waals surface area (Å²) < 4.78 is 0. The van der Waals surface area contributed by atoms with Gasteiger partial charge in [-0.25, -0.2) is 0 Å². The molecule has 1 aromatic rings. The second-order valence-corrected chi connectivity index (χ2v) is 4.92. The summed E-state index contributed by atoms with van der Waals surface area (Å²) in [5, 5.41) is 5.45. The molecular weight excluding hydrogens is 254 g/mol. The van der Waals surface area contributed by atoms with E-state index in [1.54, 1.807) is 13.0 Å². The molecule has 0 saturated heterocycles. The van der Waals surface area contributed by atoms with Gasteiger partial charge in [-0.3, -0.25) is 9.59 Å². The molecule has 2 amide bonds. The Morgan fingerprint density at radius 2 is 2.05 bits per heavy atom. The maximum Gasteiger partial charge on any atom is 0.246 e. The fraction of sp³-hybridized carbons (Fsp3) is 0.333. The summed E-state index contributed by atoms with van der Waals surface area (Å²) in [6.45, 7) is 2.10. The molecule has 0 aliphatic carbocycles. The molecule has 0 bridgehead atoms. The molecule has 0 radical (unpaired) electrons. The van der Waals surface area contributed by atoms with Crippen molar-refractivity contribution < 1.29 is 9.59 Å². The largest absolute Gasteiger partial charge is 0.353 e. The second kappa shape index (κ2) is 6.34. The van der Waals surface area contributed by atoms with Gasteiger partial charge in [0, 0.05) is 12.5 Å². The molecule has 1 aliphatic rings. The molecule has 1 aromatic carbocycles. The summed E-state index contributed by atoms with van der Waals surface area (Å²) in [6.07, 6.45) is 3.67. The van der Waals surface area contributed by atoms with Crippen LogP contribution in [0.3, 0.4) is 0 Å². The lowest BCUT2D eigenvalue weighted by Gasteiger charge is -2.14. The van der Waals surface area contributed by atoms with Crippen molar-refractivity contribution in [3.63, 3.8) is 0 Å². The zero-order chi connectivity index (χ0) is 14.5. The van der Waals surface area contributed by atoms with E-state index < -0.39 is 12.1 Å². The van der Waals surface area contributed by atoms with Crippen molar-refractivity contribution in [2.45, 2.75) is 24.9 Å². The van der Waals surface area contributed by atoms with E-state index >= 15 is 0 Å². The lowest BCUT2D eigenvalue weighted by Crippen LogP contribution is -2.49. The van der Waals surface area contributed by atoms with Crippen molar-refractivity contribution in [2.75, 3.05) is 6.54 Å². The molecule has 4 N–H and O–H groups in total. The van der Waals surface area contributed by atoms with Crippen molar-refractivity contribution in [3.8, 4) is 0 Å². The Morgan fingerprint density at radius 1 is 1.35 bits per heavy atom. The van der Waals surface area contributed by atoms with Gasteiger partial charge in [-0.1, -0.05) is 42.5 Å². The van der Waals surface area contributed by atoms with E-state index in [4.69, 9.17) is 5.73 Å². The van der Waals surface area contributed by atoms with Gasteiger partial charge in [0.25, 0.3) is 0 Å². The first-order chi connectivity index (χ1) is 9.58. The summed E-state index contributed by atoms with van der Waals surface area (Å²) in [5.41, 5.74) is 6.62. The van der Waals surface area contributed by atoms with Crippen LogP contribution in [0.2, 0.25) is 0 Å². The summed E-state index contributed by atoms with van der Waals surface area (Å²) in [5.74, 6) is -0.445. The van der Waals surface area contributed by atoms with E-state index in [0.29, 0.717) is 6.54 Å². The van der Waals surface area contributed by atoms with E-state index in [9.17, 15) is 9.59 Å². The summed E-state index contributed by atoms with van der Waals surface area (Å²) in [4.78, 5) is 23.5. The molecule has 0 saturated carbocycles. The van der Waals surface area contributed by atoms with Gasteiger partial charge < -0.3 is 16.4 Å². The van der Waals surface area contributed by atoms with E-state index in [1.165, 1.54) is 0 Å². The highest BCUT2D eigenvalue weighted by atomic mass is 16.2. The lowest BCUT2D eigenvalue weighted by molar-refractivity contribution is -0.128. The summed E-state index contributed by atoms with van der Waals surface area (Å²) in [7, 11) is 0. The number of hydrogen-bond donors (Lipinski definition) is 3.